The summed E-state index contributed by atoms with van der Waals surface area (Å²) < 4.78 is 12.4. The van der Waals surface area contributed by atoms with Crippen molar-refractivity contribution in [1.29, 1.82) is 0 Å². The highest BCUT2D eigenvalue weighted by Gasteiger charge is 2.10. The van der Waals surface area contributed by atoms with E-state index in [4.69, 9.17) is 9.47 Å². The minimum absolute atomic E-state index is 0.0684. The van der Waals surface area contributed by atoms with Crippen molar-refractivity contribution >= 4 is 15.9 Å². The summed E-state index contributed by atoms with van der Waals surface area (Å²) in [4.78, 5) is 0. The summed E-state index contributed by atoms with van der Waals surface area (Å²) in [6, 6.07) is 8.22. The Kier molecular flexibility index (Phi) is 7.51. The molecule has 0 aliphatic carbocycles. The molecule has 1 unspecified atom stereocenters. The molecular weight excluding hydrogens is 294 g/mol. The van der Waals surface area contributed by atoms with Crippen LogP contribution in [0, 0.1) is 0 Å². The molecule has 3 nitrogen and oxygen atoms in total. The molecular formula is C14H22BrNO2. The maximum absolute atomic E-state index is 5.86. The number of benzene rings is 1. The van der Waals surface area contributed by atoms with Crippen LogP contribution in [0.3, 0.4) is 0 Å². The van der Waals surface area contributed by atoms with E-state index in [0.717, 1.165) is 11.0 Å². The van der Waals surface area contributed by atoms with Crippen molar-refractivity contribution in [3.8, 4) is 0 Å². The van der Waals surface area contributed by atoms with Crippen molar-refractivity contribution in [3.05, 3.63) is 34.3 Å². The molecule has 1 N–H and O–H groups in total. The second kappa shape index (κ2) is 8.64. The van der Waals surface area contributed by atoms with Crippen molar-refractivity contribution in [2.45, 2.75) is 26.1 Å². The normalized spacial score (nSPS) is 12.9. The van der Waals surface area contributed by atoms with E-state index < -0.39 is 0 Å². The molecule has 1 aromatic rings. The lowest BCUT2D eigenvalue weighted by Crippen LogP contribution is -2.21. The van der Waals surface area contributed by atoms with Crippen LogP contribution in [0.25, 0.3) is 0 Å². The number of nitrogens with one attached hydrogen (secondary N) is 1. The molecule has 18 heavy (non-hydrogen) atoms. The van der Waals surface area contributed by atoms with Crippen molar-refractivity contribution in [3.63, 3.8) is 0 Å². The maximum atomic E-state index is 5.86. The number of hydrogen-bond donors (Lipinski definition) is 1. The molecule has 4 heteroatoms. The molecule has 0 radical (unpaired) electrons. The zero-order chi connectivity index (χ0) is 13.4. The van der Waals surface area contributed by atoms with E-state index in [1.54, 1.807) is 0 Å². The van der Waals surface area contributed by atoms with Crippen molar-refractivity contribution in [2.24, 2.45) is 0 Å². The molecule has 0 spiro atoms. The van der Waals surface area contributed by atoms with Gasteiger partial charge in [0.1, 0.15) is 0 Å². The number of rotatable bonds is 8. The first kappa shape index (κ1) is 15.6. The van der Waals surface area contributed by atoms with Gasteiger partial charge in [0.25, 0.3) is 0 Å². The number of hydrogen-bond acceptors (Lipinski definition) is 3. The highest BCUT2D eigenvalue weighted by Crippen LogP contribution is 2.19. The van der Waals surface area contributed by atoms with E-state index in [9.17, 15) is 0 Å². The average Bonchev–Trinajstić information content (AvgIpc) is 2.34. The predicted molar refractivity (Wildman–Crippen MR) is 77.8 cm³/mol. The number of ether oxygens (including phenoxy) is 2. The fourth-order valence-electron chi connectivity index (χ4n) is 1.61. The highest BCUT2D eigenvalue weighted by atomic mass is 79.9. The minimum Gasteiger partial charge on any atom is -0.376 e. The monoisotopic (exact) mass is 315 g/mol. The Labute approximate surface area is 118 Å². The molecule has 0 amide bonds. The van der Waals surface area contributed by atoms with Gasteiger partial charge in [0.2, 0.25) is 0 Å². The topological polar surface area (TPSA) is 30.5 Å². The van der Waals surface area contributed by atoms with Crippen LogP contribution in [0.15, 0.2) is 28.7 Å². The summed E-state index contributed by atoms with van der Waals surface area (Å²) in [5.41, 5.74) is 1.18. The third kappa shape index (κ3) is 5.96. The van der Waals surface area contributed by atoms with Gasteiger partial charge in [-0.15, -0.1) is 0 Å². The molecule has 0 bridgehead atoms. The van der Waals surface area contributed by atoms with Crippen LogP contribution < -0.4 is 5.32 Å². The summed E-state index contributed by atoms with van der Waals surface area (Å²) in [5.74, 6) is 0. The Bertz CT molecular complexity index is 327. The summed E-state index contributed by atoms with van der Waals surface area (Å²) in [7, 11) is 1.93. The van der Waals surface area contributed by atoms with E-state index >= 15 is 0 Å². The van der Waals surface area contributed by atoms with Gasteiger partial charge in [-0.2, -0.15) is 0 Å². The number of likely N-dealkylation sites (N-methyl/N-ethyl adjacent to an activating group) is 1. The van der Waals surface area contributed by atoms with E-state index in [-0.39, 0.29) is 12.2 Å². The predicted octanol–water partition coefficient (Wildman–Crippen LogP) is 3.15. The molecule has 0 saturated heterocycles. The molecule has 102 valence electrons. The summed E-state index contributed by atoms with van der Waals surface area (Å²) in [6.45, 7) is 6.10. The Hall–Kier alpha value is -0.420. The second-order valence-electron chi connectivity index (χ2n) is 4.39. The third-order valence-electron chi connectivity index (χ3n) is 2.48. The SMILES string of the molecule is CNCC(OCCOC(C)C)c1ccc(Br)cc1. The first-order valence-electron chi connectivity index (χ1n) is 6.26. The van der Waals surface area contributed by atoms with Gasteiger partial charge in [-0.3, -0.25) is 0 Å². The van der Waals surface area contributed by atoms with Crippen LogP contribution in [0.1, 0.15) is 25.5 Å². The van der Waals surface area contributed by atoms with Gasteiger partial charge in [-0.05, 0) is 38.6 Å². The van der Waals surface area contributed by atoms with Crippen molar-refractivity contribution < 1.29 is 9.47 Å². The minimum atomic E-state index is 0.0684. The molecule has 0 fully saturated rings. The highest BCUT2D eigenvalue weighted by molar-refractivity contribution is 9.10. The van der Waals surface area contributed by atoms with Gasteiger partial charge in [-0.25, -0.2) is 0 Å². The summed E-state index contributed by atoms with van der Waals surface area (Å²) in [6.07, 6.45) is 0.322. The van der Waals surface area contributed by atoms with Gasteiger partial charge in [0.15, 0.2) is 0 Å². The largest absolute Gasteiger partial charge is 0.376 e. The van der Waals surface area contributed by atoms with Gasteiger partial charge < -0.3 is 14.8 Å². The Balaban J connectivity index is 2.46. The molecule has 0 heterocycles. The van der Waals surface area contributed by atoms with Gasteiger partial charge in [0.05, 0.1) is 25.4 Å². The fraction of sp³-hybridized carbons (Fsp3) is 0.571. The van der Waals surface area contributed by atoms with Crippen molar-refractivity contribution in [2.75, 3.05) is 26.8 Å². The molecule has 0 aliphatic heterocycles. The van der Waals surface area contributed by atoms with E-state index in [2.05, 4.69) is 33.4 Å². The zero-order valence-electron chi connectivity index (χ0n) is 11.3. The molecule has 1 rings (SSSR count). The average molecular weight is 316 g/mol. The van der Waals surface area contributed by atoms with Crippen molar-refractivity contribution in [1.82, 2.24) is 5.32 Å². The number of halogens is 1. The van der Waals surface area contributed by atoms with Crippen LogP contribution in [0.4, 0.5) is 0 Å². The van der Waals surface area contributed by atoms with Gasteiger partial charge in [-0.1, -0.05) is 28.1 Å². The molecule has 0 aliphatic rings. The van der Waals surface area contributed by atoms with E-state index in [0.29, 0.717) is 13.2 Å². The van der Waals surface area contributed by atoms with Crippen LogP contribution in [0.5, 0.6) is 0 Å². The summed E-state index contributed by atoms with van der Waals surface area (Å²) in [5, 5.41) is 3.15. The molecule has 1 aromatic carbocycles. The lowest BCUT2D eigenvalue weighted by Gasteiger charge is -2.18. The Morgan fingerprint density at radius 1 is 1.11 bits per heavy atom. The van der Waals surface area contributed by atoms with Crippen LogP contribution in [0.2, 0.25) is 0 Å². The van der Waals surface area contributed by atoms with Gasteiger partial charge in [0, 0.05) is 11.0 Å². The van der Waals surface area contributed by atoms with E-state index in [1.165, 1.54) is 5.56 Å². The zero-order valence-corrected chi connectivity index (χ0v) is 12.9. The second-order valence-corrected chi connectivity index (χ2v) is 5.30. The molecule has 0 saturated carbocycles. The van der Waals surface area contributed by atoms with Crippen LogP contribution in [-0.2, 0) is 9.47 Å². The molecule has 1 atom stereocenters. The first-order valence-corrected chi connectivity index (χ1v) is 7.06. The Morgan fingerprint density at radius 2 is 1.72 bits per heavy atom. The lowest BCUT2D eigenvalue weighted by atomic mass is 10.1. The summed E-state index contributed by atoms with van der Waals surface area (Å²) >= 11 is 3.44. The standard InChI is InChI=1S/C14H22BrNO2/c1-11(2)17-8-9-18-14(10-16-3)12-4-6-13(15)7-5-12/h4-7,11,14,16H,8-10H2,1-3H3. The molecule has 0 aromatic heterocycles. The van der Waals surface area contributed by atoms with Gasteiger partial charge >= 0.3 is 0 Å². The van der Waals surface area contributed by atoms with E-state index in [1.807, 2.05) is 33.0 Å². The van der Waals surface area contributed by atoms with Crippen LogP contribution in [-0.4, -0.2) is 32.9 Å². The fourth-order valence-corrected chi connectivity index (χ4v) is 1.87. The first-order chi connectivity index (χ1) is 8.63. The maximum Gasteiger partial charge on any atom is 0.0950 e. The smallest absolute Gasteiger partial charge is 0.0950 e. The quantitative estimate of drug-likeness (QED) is 0.747. The Morgan fingerprint density at radius 3 is 2.28 bits per heavy atom. The third-order valence-corrected chi connectivity index (χ3v) is 3.01. The van der Waals surface area contributed by atoms with Crippen LogP contribution >= 0.6 is 15.9 Å². The lowest BCUT2D eigenvalue weighted by molar-refractivity contribution is -0.0125.